The zero-order valence-electron chi connectivity index (χ0n) is 16.2. The molecule has 0 bridgehead atoms. The van der Waals surface area contributed by atoms with Gasteiger partial charge in [-0.1, -0.05) is 66.4 Å². The largest absolute Gasteiger partial charge is 0.486 e. The van der Waals surface area contributed by atoms with Gasteiger partial charge in [-0.3, -0.25) is 14.5 Å². The Morgan fingerprint density at radius 2 is 1.76 bits per heavy atom. The van der Waals surface area contributed by atoms with Crippen LogP contribution in [0.3, 0.4) is 0 Å². The van der Waals surface area contributed by atoms with Gasteiger partial charge in [0.1, 0.15) is 6.61 Å². The molecule has 1 aliphatic rings. The maximum Gasteiger partial charge on any atom is 0.293 e. The summed E-state index contributed by atoms with van der Waals surface area (Å²) in [6.07, 6.45) is 3.34. The molecule has 0 spiro atoms. The average Bonchev–Trinajstić information content (AvgIpc) is 2.94. The molecule has 29 heavy (non-hydrogen) atoms. The zero-order chi connectivity index (χ0) is 21.0. The molecule has 0 aromatic heterocycles. The van der Waals surface area contributed by atoms with E-state index >= 15 is 0 Å². The molecule has 2 aromatic carbocycles. The van der Waals surface area contributed by atoms with Crippen LogP contribution in [0.15, 0.2) is 41.3 Å². The molecular weight excluding hydrogens is 429 g/mol. The van der Waals surface area contributed by atoms with Crippen LogP contribution < -0.4 is 4.74 Å². The van der Waals surface area contributed by atoms with Crippen molar-refractivity contribution >= 4 is 52.2 Å². The topological polar surface area (TPSA) is 46.6 Å². The summed E-state index contributed by atoms with van der Waals surface area (Å²) in [6.45, 7) is 4.82. The van der Waals surface area contributed by atoms with Crippen LogP contribution in [0, 0.1) is 6.92 Å². The molecule has 0 atom stereocenters. The van der Waals surface area contributed by atoms with E-state index in [0.29, 0.717) is 39.4 Å². The Morgan fingerprint density at radius 3 is 2.38 bits per heavy atom. The van der Waals surface area contributed by atoms with Gasteiger partial charge in [0.25, 0.3) is 11.1 Å². The van der Waals surface area contributed by atoms with Crippen molar-refractivity contribution < 1.29 is 14.3 Å². The van der Waals surface area contributed by atoms with E-state index in [2.05, 4.69) is 0 Å². The number of hydrogen-bond acceptors (Lipinski definition) is 4. The van der Waals surface area contributed by atoms with Crippen molar-refractivity contribution in [3.8, 4) is 5.75 Å². The maximum atomic E-state index is 12.5. The summed E-state index contributed by atoms with van der Waals surface area (Å²) >= 11 is 13.7. The number of imide groups is 1. The number of aryl methyl sites for hydroxylation is 1. The molecule has 0 aliphatic carbocycles. The van der Waals surface area contributed by atoms with Crippen LogP contribution in [0.25, 0.3) is 6.08 Å². The van der Waals surface area contributed by atoms with E-state index in [4.69, 9.17) is 27.9 Å². The Morgan fingerprint density at radius 1 is 1.10 bits per heavy atom. The summed E-state index contributed by atoms with van der Waals surface area (Å²) in [6, 6.07) is 11.4. The smallest absolute Gasteiger partial charge is 0.293 e. The molecule has 4 nitrogen and oxygen atoms in total. The summed E-state index contributed by atoms with van der Waals surface area (Å²) in [5.74, 6) is 0.113. The summed E-state index contributed by atoms with van der Waals surface area (Å²) in [5, 5.41) is 0.451. The molecule has 3 rings (SSSR count). The van der Waals surface area contributed by atoms with Gasteiger partial charge in [-0.2, -0.15) is 0 Å². The third-order valence-electron chi connectivity index (χ3n) is 4.43. The first-order valence-corrected chi connectivity index (χ1v) is 10.9. The van der Waals surface area contributed by atoms with E-state index in [-0.39, 0.29) is 11.1 Å². The second-order valence-electron chi connectivity index (χ2n) is 6.77. The van der Waals surface area contributed by atoms with E-state index in [1.807, 2.05) is 38.1 Å². The number of rotatable bonds is 7. The lowest BCUT2D eigenvalue weighted by atomic mass is 10.1. The molecule has 1 fully saturated rings. The monoisotopic (exact) mass is 449 g/mol. The lowest BCUT2D eigenvalue weighted by molar-refractivity contribution is -0.122. The van der Waals surface area contributed by atoms with Crippen LogP contribution in [0.1, 0.15) is 36.5 Å². The highest BCUT2D eigenvalue weighted by Crippen LogP contribution is 2.37. The van der Waals surface area contributed by atoms with Gasteiger partial charge in [0.15, 0.2) is 5.75 Å². The molecule has 1 aliphatic heterocycles. The van der Waals surface area contributed by atoms with Crippen LogP contribution in [-0.2, 0) is 11.4 Å². The summed E-state index contributed by atoms with van der Waals surface area (Å²) < 4.78 is 5.80. The lowest BCUT2D eigenvalue weighted by Gasteiger charge is -2.12. The fourth-order valence-corrected chi connectivity index (χ4v) is 4.28. The SMILES string of the molecule is CCCCN1C(=O)S/C(=C\c2cc(Cl)c(OCc3ccc(C)cc3)c(Cl)c2)C1=O. The van der Waals surface area contributed by atoms with Crippen LogP contribution in [0.4, 0.5) is 4.79 Å². The van der Waals surface area contributed by atoms with Gasteiger partial charge < -0.3 is 4.74 Å². The van der Waals surface area contributed by atoms with Gasteiger partial charge in [0.05, 0.1) is 15.0 Å². The van der Waals surface area contributed by atoms with Gasteiger partial charge in [-0.05, 0) is 54.4 Å². The number of carbonyl (C=O) groups excluding carboxylic acids is 2. The van der Waals surface area contributed by atoms with Crippen LogP contribution in [0.5, 0.6) is 5.75 Å². The predicted molar refractivity (Wildman–Crippen MR) is 120 cm³/mol. The quantitative estimate of drug-likeness (QED) is 0.440. The molecule has 2 aromatic rings. The van der Waals surface area contributed by atoms with Gasteiger partial charge in [0.2, 0.25) is 0 Å². The number of halogens is 2. The number of unbranched alkanes of at least 4 members (excludes halogenated alkanes) is 1. The number of thioether (sulfide) groups is 1. The number of ether oxygens (including phenoxy) is 1. The minimum Gasteiger partial charge on any atom is -0.486 e. The number of carbonyl (C=O) groups is 2. The normalized spacial score (nSPS) is 15.4. The van der Waals surface area contributed by atoms with Crippen molar-refractivity contribution in [2.24, 2.45) is 0 Å². The molecular formula is C22H21Cl2NO3S. The minimum atomic E-state index is -0.277. The predicted octanol–water partition coefficient (Wildman–Crippen LogP) is 6.72. The molecule has 1 saturated heterocycles. The Balaban J connectivity index is 1.75. The first-order chi connectivity index (χ1) is 13.9. The maximum absolute atomic E-state index is 12.5. The van der Waals surface area contributed by atoms with Gasteiger partial charge in [0, 0.05) is 6.54 Å². The van der Waals surface area contributed by atoms with Gasteiger partial charge in [-0.25, -0.2) is 0 Å². The Kier molecular flexibility index (Phi) is 7.28. The first-order valence-electron chi connectivity index (χ1n) is 9.31. The Hall–Kier alpha value is -1.95. The standard InChI is InChI=1S/C22H21Cl2NO3S/c1-3-4-9-25-21(26)19(29-22(25)27)12-16-10-17(23)20(18(24)11-16)28-13-15-7-5-14(2)6-8-15/h5-8,10-12H,3-4,9,13H2,1-2H3/b19-12-. The third-order valence-corrected chi connectivity index (χ3v) is 5.90. The third kappa shape index (κ3) is 5.35. The first kappa shape index (κ1) is 21.8. The molecule has 0 N–H and O–H groups in total. The van der Waals surface area contributed by atoms with E-state index in [1.54, 1.807) is 18.2 Å². The molecule has 1 heterocycles. The molecule has 2 amide bonds. The highest BCUT2D eigenvalue weighted by Gasteiger charge is 2.34. The number of nitrogens with zero attached hydrogens (tertiary/aromatic N) is 1. The van der Waals surface area contributed by atoms with Crippen LogP contribution in [0.2, 0.25) is 10.0 Å². The number of benzene rings is 2. The highest BCUT2D eigenvalue weighted by molar-refractivity contribution is 8.18. The number of hydrogen-bond donors (Lipinski definition) is 0. The molecule has 152 valence electrons. The average molecular weight is 450 g/mol. The minimum absolute atomic E-state index is 0.245. The van der Waals surface area contributed by atoms with Crippen molar-refractivity contribution in [2.75, 3.05) is 6.54 Å². The summed E-state index contributed by atoms with van der Waals surface area (Å²) in [5.41, 5.74) is 2.82. The zero-order valence-corrected chi connectivity index (χ0v) is 18.5. The van der Waals surface area contributed by atoms with Crippen LogP contribution >= 0.6 is 35.0 Å². The van der Waals surface area contributed by atoms with Crippen molar-refractivity contribution in [2.45, 2.75) is 33.3 Å². The summed E-state index contributed by atoms with van der Waals surface area (Å²) in [4.78, 5) is 26.2. The Labute approximate surface area is 184 Å². The van der Waals surface area contributed by atoms with Gasteiger partial charge >= 0.3 is 0 Å². The second kappa shape index (κ2) is 9.70. The van der Waals surface area contributed by atoms with Crippen molar-refractivity contribution in [1.82, 2.24) is 4.90 Å². The van der Waals surface area contributed by atoms with Crippen molar-refractivity contribution in [1.29, 1.82) is 0 Å². The van der Waals surface area contributed by atoms with E-state index in [9.17, 15) is 9.59 Å². The van der Waals surface area contributed by atoms with Crippen molar-refractivity contribution in [3.63, 3.8) is 0 Å². The fourth-order valence-electron chi connectivity index (χ4n) is 2.80. The van der Waals surface area contributed by atoms with Crippen molar-refractivity contribution in [3.05, 3.63) is 68.0 Å². The Bertz CT molecular complexity index is 934. The summed E-state index contributed by atoms with van der Waals surface area (Å²) in [7, 11) is 0. The number of amides is 2. The molecule has 7 heteroatoms. The molecule has 0 saturated carbocycles. The van der Waals surface area contributed by atoms with E-state index in [1.165, 1.54) is 10.5 Å². The van der Waals surface area contributed by atoms with Gasteiger partial charge in [-0.15, -0.1) is 0 Å². The molecule has 0 unspecified atom stereocenters. The second-order valence-corrected chi connectivity index (χ2v) is 8.58. The molecule has 0 radical (unpaired) electrons. The lowest BCUT2D eigenvalue weighted by Crippen LogP contribution is -2.29. The van der Waals surface area contributed by atoms with E-state index < -0.39 is 0 Å². The van der Waals surface area contributed by atoms with Crippen LogP contribution in [-0.4, -0.2) is 22.6 Å². The highest BCUT2D eigenvalue weighted by atomic mass is 35.5. The van der Waals surface area contributed by atoms with E-state index in [0.717, 1.165) is 30.2 Å². The fraction of sp³-hybridized carbons (Fsp3) is 0.273.